The summed E-state index contributed by atoms with van der Waals surface area (Å²) in [4.78, 5) is 41.2. The van der Waals surface area contributed by atoms with Crippen LogP contribution in [0.4, 0.5) is 13.2 Å². The van der Waals surface area contributed by atoms with Crippen molar-refractivity contribution in [2.75, 3.05) is 26.4 Å². The molecule has 2 aromatic carbocycles. The maximum Gasteiger partial charge on any atom is 0.345 e. The smallest absolute Gasteiger partial charge is 0.345 e. The van der Waals surface area contributed by atoms with Gasteiger partial charge < -0.3 is 23.7 Å². The summed E-state index contributed by atoms with van der Waals surface area (Å²) in [5.41, 5.74) is -1.51. The number of allylic oxidation sites excluding steroid dienone is 2. The normalized spacial score (nSPS) is 17.6. The zero-order valence-corrected chi connectivity index (χ0v) is 28.8. The third kappa shape index (κ3) is 11.4. The van der Waals surface area contributed by atoms with E-state index in [1.165, 1.54) is 59.4 Å². The molecular formula is C36H35F3N4O8S. The van der Waals surface area contributed by atoms with Crippen LogP contribution in [0.15, 0.2) is 79.9 Å². The zero-order valence-electron chi connectivity index (χ0n) is 28.0. The molecule has 2 atom stereocenters. The molecule has 3 aromatic rings. The quantitative estimate of drug-likeness (QED) is 0.0775. The van der Waals surface area contributed by atoms with Crippen LogP contribution in [0.25, 0.3) is 6.08 Å². The van der Waals surface area contributed by atoms with Crippen molar-refractivity contribution in [3.63, 3.8) is 0 Å². The Labute approximate surface area is 301 Å². The first-order chi connectivity index (χ1) is 25.0. The number of aromatic nitrogens is 3. The molecule has 0 aliphatic carbocycles. The van der Waals surface area contributed by atoms with Gasteiger partial charge in [0.15, 0.2) is 18.5 Å². The van der Waals surface area contributed by atoms with Crippen molar-refractivity contribution in [1.82, 2.24) is 14.8 Å². The lowest BCUT2D eigenvalue weighted by molar-refractivity contribution is -0.173. The van der Waals surface area contributed by atoms with E-state index < -0.39 is 59.1 Å². The molecule has 0 spiro atoms. The van der Waals surface area contributed by atoms with Gasteiger partial charge in [0.25, 0.3) is 0 Å². The molecule has 0 unspecified atom stereocenters. The Kier molecular flexibility index (Phi) is 14.7. The van der Waals surface area contributed by atoms with Crippen LogP contribution in [0.5, 0.6) is 0 Å². The Morgan fingerprint density at radius 3 is 2.48 bits per heavy atom. The van der Waals surface area contributed by atoms with Crippen molar-refractivity contribution >= 4 is 35.7 Å². The van der Waals surface area contributed by atoms with Gasteiger partial charge in [0.05, 0.1) is 49.5 Å². The fourth-order valence-corrected chi connectivity index (χ4v) is 6.36. The number of carbonyl (C=O) groups excluding carboxylic acids is 3. The predicted molar refractivity (Wildman–Crippen MR) is 181 cm³/mol. The van der Waals surface area contributed by atoms with E-state index in [4.69, 9.17) is 28.9 Å². The predicted octanol–water partition coefficient (Wildman–Crippen LogP) is 5.19. The van der Waals surface area contributed by atoms with E-state index in [0.29, 0.717) is 11.6 Å². The number of thioether (sulfide) groups is 1. The number of hydrogen-bond donors (Lipinski definition) is 0. The minimum absolute atomic E-state index is 0.0240. The van der Waals surface area contributed by atoms with E-state index in [1.54, 1.807) is 25.2 Å². The highest BCUT2D eigenvalue weighted by atomic mass is 32.2. The number of esters is 3. The van der Waals surface area contributed by atoms with Gasteiger partial charge in [-0.3, -0.25) is 9.59 Å². The van der Waals surface area contributed by atoms with Crippen molar-refractivity contribution in [3.05, 3.63) is 114 Å². The fourth-order valence-electron chi connectivity index (χ4n) is 5.00. The van der Waals surface area contributed by atoms with E-state index in [2.05, 4.69) is 16.7 Å². The molecule has 0 amide bonds. The third-order valence-corrected chi connectivity index (χ3v) is 8.97. The van der Waals surface area contributed by atoms with Crippen LogP contribution in [-0.2, 0) is 50.2 Å². The van der Waals surface area contributed by atoms with Crippen LogP contribution in [0.2, 0.25) is 0 Å². The monoisotopic (exact) mass is 740 g/mol. The first-order valence-electron chi connectivity index (χ1n) is 15.9. The summed E-state index contributed by atoms with van der Waals surface area (Å²) in [6, 6.07) is 8.88. The average molecular weight is 741 g/mol. The summed E-state index contributed by atoms with van der Waals surface area (Å²) >= 11 is 1.26. The minimum atomic E-state index is -1.85. The number of ether oxygens (including phenoxy) is 5. The van der Waals surface area contributed by atoms with Gasteiger partial charge in [0.1, 0.15) is 36.7 Å². The van der Waals surface area contributed by atoms with Gasteiger partial charge in [-0.25, -0.2) is 27.6 Å². The summed E-state index contributed by atoms with van der Waals surface area (Å²) < 4.78 is 72.6. The van der Waals surface area contributed by atoms with Gasteiger partial charge in [-0.05, 0) is 37.3 Å². The van der Waals surface area contributed by atoms with Gasteiger partial charge in [-0.2, -0.15) is 10.4 Å². The van der Waals surface area contributed by atoms with Crippen molar-refractivity contribution in [1.29, 1.82) is 5.26 Å². The summed E-state index contributed by atoms with van der Waals surface area (Å²) in [5, 5.41) is 11.9. The molecule has 1 fully saturated rings. The molecule has 2 heterocycles. The standard InChI is InChI=1S/C36H35F3N4O8S/c1-3-14-47-32(44)12-13-33(45)48-20-34(46)51-36(21-43-23-41-22-42-43,29-11-10-27(37)16-31(29)39)24(2)52-28-18-49-35(50-19-28)7-5-4-6-26-9-8-25(17-40)15-30(26)38/h3-11,15-16,22-24,28,35H,1,12-14,18-21H2,2H3/b6-4+,7-5+/t24-,28-,35-,36-/m1/s1. The second kappa shape index (κ2) is 19.4. The van der Waals surface area contributed by atoms with Gasteiger partial charge in [0, 0.05) is 22.4 Å². The third-order valence-electron chi connectivity index (χ3n) is 7.52. The van der Waals surface area contributed by atoms with E-state index in [1.807, 2.05) is 6.07 Å². The first kappa shape index (κ1) is 39.5. The molecule has 52 heavy (non-hydrogen) atoms. The lowest BCUT2D eigenvalue weighted by Gasteiger charge is -2.40. The van der Waals surface area contributed by atoms with Gasteiger partial charge in [0.2, 0.25) is 0 Å². The van der Waals surface area contributed by atoms with Crippen LogP contribution in [-0.4, -0.2) is 75.9 Å². The Bertz CT molecular complexity index is 1810. The maximum absolute atomic E-state index is 15.6. The lowest BCUT2D eigenvalue weighted by atomic mass is 9.89. The highest BCUT2D eigenvalue weighted by Crippen LogP contribution is 2.42. The van der Waals surface area contributed by atoms with Crippen molar-refractivity contribution < 1.29 is 51.2 Å². The maximum atomic E-state index is 15.6. The van der Waals surface area contributed by atoms with E-state index in [9.17, 15) is 23.2 Å². The largest absolute Gasteiger partial charge is 0.461 e. The molecule has 1 aromatic heterocycles. The van der Waals surface area contributed by atoms with Crippen LogP contribution in [0.3, 0.4) is 0 Å². The Balaban J connectivity index is 1.46. The van der Waals surface area contributed by atoms with Crippen LogP contribution >= 0.6 is 11.8 Å². The molecule has 0 bridgehead atoms. The molecule has 16 heteroatoms. The zero-order chi connectivity index (χ0) is 37.5. The fraction of sp³-hybridized carbons (Fsp3) is 0.333. The first-order valence-corrected chi connectivity index (χ1v) is 16.8. The number of hydrogen-bond acceptors (Lipinski definition) is 12. The SMILES string of the molecule is C=CCOC(=O)CCC(=O)OCC(=O)O[C@@](Cn1cncn1)(c1ccc(F)cc1F)[C@@H](C)S[C@H]1CO[C@H](/C=C/C=C/c2ccc(C#N)cc2F)OC1. The van der Waals surface area contributed by atoms with Crippen LogP contribution < -0.4 is 0 Å². The molecule has 4 rings (SSSR count). The minimum Gasteiger partial charge on any atom is -0.461 e. The molecule has 0 N–H and O–H groups in total. The molecule has 1 saturated heterocycles. The highest BCUT2D eigenvalue weighted by Gasteiger charge is 2.47. The van der Waals surface area contributed by atoms with E-state index in [0.717, 1.165) is 12.1 Å². The van der Waals surface area contributed by atoms with Gasteiger partial charge in [-0.15, -0.1) is 11.8 Å². The lowest BCUT2D eigenvalue weighted by Crippen LogP contribution is -2.47. The Hall–Kier alpha value is -5.24. The number of nitriles is 1. The highest BCUT2D eigenvalue weighted by molar-refractivity contribution is 8.00. The Morgan fingerprint density at radius 1 is 1.08 bits per heavy atom. The molecule has 0 radical (unpaired) electrons. The number of rotatable bonds is 17. The summed E-state index contributed by atoms with van der Waals surface area (Å²) in [7, 11) is 0. The number of nitrogens with zero attached hydrogens (tertiary/aromatic N) is 4. The molecule has 12 nitrogen and oxygen atoms in total. The number of benzene rings is 2. The molecule has 274 valence electrons. The second-order valence-corrected chi connectivity index (χ2v) is 12.9. The molecule has 0 saturated carbocycles. The number of carbonyl (C=O) groups is 3. The molecule has 1 aliphatic heterocycles. The van der Waals surface area contributed by atoms with E-state index in [-0.39, 0.29) is 55.6 Å². The van der Waals surface area contributed by atoms with Gasteiger partial charge in [-0.1, -0.05) is 36.9 Å². The van der Waals surface area contributed by atoms with Crippen LogP contribution in [0.1, 0.15) is 36.5 Å². The van der Waals surface area contributed by atoms with Crippen molar-refractivity contribution in [2.24, 2.45) is 0 Å². The second-order valence-electron chi connectivity index (χ2n) is 11.2. The topological polar surface area (TPSA) is 152 Å². The molecular weight excluding hydrogens is 705 g/mol. The Morgan fingerprint density at radius 2 is 1.83 bits per heavy atom. The summed E-state index contributed by atoms with van der Waals surface area (Å²) in [6.07, 6.45) is 8.94. The number of halogens is 3. The van der Waals surface area contributed by atoms with Crippen molar-refractivity contribution in [3.8, 4) is 6.07 Å². The summed E-state index contributed by atoms with van der Waals surface area (Å²) in [6.45, 7) is 4.30. The van der Waals surface area contributed by atoms with Gasteiger partial charge >= 0.3 is 17.9 Å². The summed E-state index contributed by atoms with van der Waals surface area (Å²) in [5.74, 6) is -4.96. The van der Waals surface area contributed by atoms with E-state index >= 15 is 4.39 Å². The average Bonchev–Trinajstić information content (AvgIpc) is 3.64. The molecule has 1 aliphatic rings. The van der Waals surface area contributed by atoms with Crippen LogP contribution in [0, 0.1) is 28.8 Å². The van der Waals surface area contributed by atoms with Crippen molar-refractivity contribution in [2.45, 2.75) is 48.7 Å².